The van der Waals surface area contributed by atoms with Crippen LogP contribution in [0.4, 0.5) is 11.4 Å². The molecule has 0 saturated carbocycles. The van der Waals surface area contributed by atoms with E-state index in [4.69, 9.17) is 24.9 Å². The molecular weight excluding hydrogens is 450 g/mol. The van der Waals surface area contributed by atoms with Gasteiger partial charge in [-0.1, -0.05) is 27.2 Å². The van der Waals surface area contributed by atoms with Crippen LogP contribution in [0.5, 0.6) is 17.2 Å². The smallest absolute Gasteiger partial charge is 0.267 e. The van der Waals surface area contributed by atoms with Crippen molar-refractivity contribution >= 4 is 38.8 Å². The normalized spacial score (nSPS) is 15.6. The fourth-order valence-electron chi connectivity index (χ4n) is 4.66. The largest absolute Gasteiger partial charge is 0.493 e. The molecule has 1 aliphatic rings. The number of pyridine rings is 1. The molecule has 7 nitrogen and oxygen atoms in total. The van der Waals surface area contributed by atoms with Crippen LogP contribution in [-0.2, 0) is 12.8 Å². The number of aryl methyl sites for hydroxylation is 1. The summed E-state index contributed by atoms with van der Waals surface area (Å²) < 4.78 is 16.1. The number of nitrogens with two attached hydrogens (primary N) is 1. The van der Waals surface area contributed by atoms with Crippen molar-refractivity contribution in [1.82, 2.24) is 4.98 Å². The minimum Gasteiger partial charge on any atom is -0.493 e. The van der Waals surface area contributed by atoms with Gasteiger partial charge in [-0.3, -0.25) is 4.79 Å². The quantitative estimate of drug-likeness (QED) is 0.448. The molecule has 1 amide bonds. The van der Waals surface area contributed by atoms with E-state index in [1.54, 1.807) is 12.1 Å². The van der Waals surface area contributed by atoms with Crippen molar-refractivity contribution in [2.24, 2.45) is 11.3 Å². The Balaban J connectivity index is 1.65. The van der Waals surface area contributed by atoms with E-state index in [9.17, 15) is 4.79 Å². The van der Waals surface area contributed by atoms with E-state index in [0.717, 1.165) is 41.6 Å². The van der Waals surface area contributed by atoms with E-state index in [2.05, 4.69) is 32.2 Å². The Kier molecular flexibility index (Phi) is 6.62. The molecule has 3 N–H and O–H groups in total. The molecule has 0 saturated heterocycles. The molecule has 0 radical (unpaired) electrons. The van der Waals surface area contributed by atoms with Gasteiger partial charge in [-0.05, 0) is 42.2 Å². The molecule has 2 aromatic heterocycles. The van der Waals surface area contributed by atoms with Gasteiger partial charge in [0.1, 0.15) is 9.71 Å². The van der Waals surface area contributed by atoms with Gasteiger partial charge in [-0.2, -0.15) is 0 Å². The molecule has 34 heavy (non-hydrogen) atoms. The molecule has 1 aliphatic carbocycles. The number of rotatable bonds is 7. The lowest BCUT2D eigenvalue weighted by molar-refractivity contribution is 0.103. The van der Waals surface area contributed by atoms with Crippen LogP contribution in [0.3, 0.4) is 0 Å². The van der Waals surface area contributed by atoms with Gasteiger partial charge in [0.15, 0.2) is 11.5 Å². The van der Waals surface area contributed by atoms with Crippen molar-refractivity contribution in [3.63, 3.8) is 0 Å². The minimum absolute atomic E-state index is 0.290. The molecule has 0 aliphatic heterocycles. The Hall–Kier alpha value is -3.00. The summed E-state index contributed by atoms with van der Waals surface area (Å²) in [5.74, 6) is 1.70. The molecular formula is C26H33N3O4S. The van der Waals surface area contributed by atoms with E-state index in [1.807, 2.05) is 0 Å². The third-order valence-corrected chi connectivity index (χ3v) is 8.34. The van der Waals surface area contributed by atoms with Crippen molar-refractivity contribution in [3.8, 4) is 17.2 Å². The first-order valence-corrected chi connectivity index (χ1v) is 12.4. The second-order valence-electron chi connectivity index (χ2n) is 9.44. The Labute approximate surface area is 204 Å². The summed E-state index contributed by atoms with van der Waals surface area (Å²) >= 11 is 1.33. The van der Waals surface area contributed by atoms with Crippen LogP contribution in [0.25, 0.3) is 10.2 Å². The van der Waals surface area contributed by atoms with Crippen LogP contribution in [0.2, 0.25) is 0 Å². The van der Waals surface area contributed by atoms with Gasteiger partial charge in [-0.15, -0.1) is 11.3 Å². The number of thiophene rings is 1. The Morgan fingerprint density at radius 1 is 1.18 bits per heavy atom. The average molecular weight is 484 g/mol. The Morgan fingerprint density at radius 2 is 1.85 bits per heavy atom. The second-order valence-corrected chi connectivity index (χ2v) is 10.4. The van der Waals surface area contributed by atoms with Crippen LogP contribution in [0.15, 0.2) is 18.2 Å². The lowest BCUT2D eigenvalue weighted by Gasteiger charge is -2.36. The number of anilines is 2. The van der Waals surface area contributed by atoms with Crippen LogP contribution < -0.4 is 25.3 Å². The average Bonchev–Trinajstić information content (AvgIpc) is 3.16. The summed E-state index contributed by atoms with van der Waals surface area (Å²) in [4.78, 5) is 19.3. The monoisotopic (exact) mass is 483 g/mol. The number of carbonyl (C=O) groups excluding carboxylic acids is 1. The standard InChI is InChI=1S/C26H33N3O4S/c1-7-26(2,3)15-8-9-18-14(10-15)11-17-21(27)23(34-25(17)29-18)24(30)28-16-12-19(31-4)22(33-6)20(13-16)32-5/h11-13,15H,7-10,27H2,1-6H3,(H,28,30). The zero-order chi connectivity index (χ0) is 24.6. The zero-order valence-electron chi connectivity index (χ0n) is 20.7. The summed E-state index contributed by atoms with van der Waals surface area (Å²) in [5, 5.41) is 3.77. The topological polar surface area (TPSA) is 95.7 Å². The van der Waals surface area contributed by atoms with Crippen molar-refractivity contribution in [3.05, 3.63) is 34.3 Å². The number of methoxy groups -OCH3 is 3. The minimum atomic E-state index is -0.294. The molecule has 0 fully saturated rings. The molecule has 0 spiro atoms. The van der Waals surface area contributed by atoms with Crippen LogP contribution in [0, 0.1) is 11.3 Å². The summed E-state index contributed by atoms with van der Waals surface area (Å²) in [6, 6.07) is 5.53. The summed E-state index contributed by atoms with van der Waals surface area (Å²) in [6.07, 6.45) is 4.25. The van der Waals surface area contributed by atoms with E-state index >= 15 is 0 Å². The highest BCUT2D eigenvalue weighted by atomic mass is 32.1. The van der Waals surface area contributed by atoms with Crippen molar-refractivity contribution in [2.75, 3.05) is 32.4 Å². The summed E-state index contributed by atoms with van der Waals surface area (Å²) in [5.41, 5.74) is 10.1. The van der Waals surface area contributed by atoms with Gasteiger partial charge >= 0.3 is 0 Å². The molecule has 0 bridgehead atoms. The number of hydrogen-bond donors (Lipinski definition) is 2. The number of aromatic nitrogens is 1. The van der Waals surface area contributed by atoms with E-state index < -0.39 is 0 Å². The van der Waals surface area contributed by atoms with E-state index in [0.29, 0.717) is 44.8 Å². The van der Waals surface area contributed by atoms with Crippen molar-refractivity contribution in [1.29, 1.82) is 0 Å². The third kappa shape index (κ3) is 4.27. The molecule has 1 aromatic carbocycles. The maximum atomic E-state index is 13.2. The van der Waals surface area contributed by atoms with Crippen molar-refractivity contribution in [2.45, 2.75) is 46.5 Å². The molecule has 4 rings (SSSR count). The molecule has 1 unspecified atom stereocenters. The number of ether oxygens (including phenoxy) is 3. The number of amides is 1. The Morgan fingerprint density at radius 3 is 2.44 bits per heavy atom. The lowest BCUT2D eigenvalue weighted by atomic mass is 9.69. The summed E-state index contributed by atoms with van der Waals surface area (Å²) in [6.45, 7) is 6.95. The molecule has 8 heteroatoms. The first-order chi connectivity index (χ1) is 16.2. The highest BCUT2D eigenvalue weighted by Gasteiger charge is 2.32. The van der Waals surface area contributed by atoms with Crippen molar-refractivity contribution < 1.29 is 19.0 Å². The SMILES string of the molecule is CCC(C)(C)C1CCc2nc3sc(C(=O)Nc4cc(OC)c(OC)c(OC)c4)c(N)c3cc2C1. The number of benzene rings is 1. The highest BCUT2D eigenvalue weighted by molar-refractivity contribution is 7.21. The third-order valence-electron chi connectivity index (χ3n) is 7.23. The lowest BCUT2D eigenvalue weighted by Crippen LogP contribution is -2.29. The number of nitrogens with one attached hydrogen (secondary N) is 1. The number of hydrogen-bond acceptors (Lipinski definition) is 7. The van der Waals surface area contributed by atoms with E-state index in [-0.39, 0.29) is 5.91 Å². The van der Waals surface area contributed by atoms with Gasteiger partial charge in [0.25, 0.3) is 5.91 Å². The maximum Gasteiger partial charge on any atom is 0.267 e. The molecule has 182 valence electrons. The predicted molar refractivity (Wildman–Crippen MR) is 138 cm³/mol. The van der Waals surface area contributed by atoms with E-state index in [1.165, 1.54) is 38.2 Å². The van der Waals surface area contributed by atoms with Gasteiger partial charge in [-0.25, -0.2) is 4.98 Å². The fourth-order valence-corrected chi connectivity index (χ4v) is 5.65. The first-order valence-electron chi connectivity index (χ1n) is 11.5. The molecule has 2 heterocycles. The predicted octanol–water partition coefficient (Wildman–Crippen LogP) is 5.70. The van der Waals surface area contributed by atoms with Gasteiger partial charge in [0.05, 0.1) is 27.0 Å². The maximum absolute atomic E-state index is 13.2. The number of nitrogens with zero attached hydrogens (tertiary/aromatic N) is 1. The number of fused-ring (bicyclic) bond motifs is 2. The zero-order valence-corrected chi connectivity index (χ0v) is 21.5. The molecule has 3 aromatic rings. The Bertz CT molecular complexity index is 1210. The number of carbonyl (C=O) groups is 1. The van der Waals surface area contributed by atoms with Crippen LogP contribution >= 0.6 is 11.3 Å². The second kappa shape index (κ2) is 9.33. The number of nitrogen functional groups attached to an aromatic ring is 1. The van der Waals surface area contributed by atoms with Gasteiger partial charge in [0, 0.05) is 28.9 Å². The van der Waals surface area contributed by atoms with Crippen LogP contribution in [0.1, 0.15) is 54.5 Å². The van der Waals surface area contributed by atoms with Gasteiger partial charge in [0.2, 0.25) is 5.75 Å². The highest BCUT2D eigenvalue weighted by Crippen LogP contribution is 2.43. The van der Waals surface area contributed by atoms with Crippen LogP contribution in [-0.4, -0.2) is 32.2 Å². The molecule has 1 atom stereocenters. The fraction of sp³-hybridized carbons (Fsp3) is 0.462. The summed E-state index contributed by atoms with van der Waals surface area (Å²) in [7, 11) is 4.60. The van der Waals surface area contributed by atoms with Gasteiger partial charge < -0.3 is 25.3 Å². The first kappa shape index (κ1) is 24.1.